The minimum atomic E-state index is -0.476. The molecule has 0 aliphatic rings. The first-order valence-electron chi connectivity index (χ1n) is 3.56. The highest BCUT2D eigenvalue weighted by Crippen LogP contribution is 2.20. The molecule has 0 saturated carbocycles. The Balaban J connectivity index is 2.78. The zero-order valence-electron chi connectivity index (χ0n) is 6.73. The second kappa shape index (κ2) is 4.16. The average Bonchev–Trinajstić information content (AvgIpc) is 2.17. The van der Waals surface area contributed by atoms with E-state index < -0.39 is 5.25 Å². The Morgan fingerprint density at radius 3 is 2.50 bits per heavy atom. The summed E-state index contributed by atoms with van der Waals surface area (Å²) < 4.78 is 4.55. The molecular weight excluding hydrogens is 172 g/mol. The van der Waals surface area contributed by atoms with Gasteiger partial charge in [0.2, 0.25) is 0 Å². The van der Waals surface area contributed by atoms with Crippen LogP contribution in [-0.4, -0.2) is 13.1 Å². The Bertz CT molecular complexity index is 258. The summed E-state index contributed by atoms with van der Waals surface area (Å²) in [5.74, 6) is -0.329. The molecule has 12 heavy (non-hydrogen) atoms. The lowest BCUT2D eigenvalue weighted by Gasteiger charge is -2.07. The molecule has 0 amide bonds. The van der Waals surface area contributed by atoms with Crippen molar-refractivity contribution in [2.45, 2.75) is 5.25 Å². The van der Waals surface area contributed by atoms with Crippen LogP contribution in [0.5, 0.6) is 0 Å². The van der Waals surface area contributed by atoms with Gasteiger partial charge < -0.3 is 4.74 Å². The van der Waals surface area contributed by atoms with Gasteiger partial charge in [0.25, 0.3) is 0 Å². The van der Waals surface area contributed by atoms with E-state index in [1.807, 2.05) is 30.3 Å². The van der Waals surface area contributed by atoms with Crippen LogP contribution in [0.1, 0.15) is 10.8 Å². The normalized spacial score (nSPS) is 12.2. The molecule has 0 spiro atoms. The van der Waals surface area contributed by atoms with Crippen molar-refractivity contribution in [1.82, 2.24) is 0 Å². The van der Waals surface area contributed by atoms with Gasteiger partial charge in [-0.25, -0.2) is 0 Å². The molecule has 1 rings (SSSR count). The molecule has 0 heterocycles. The summed E-state index contributed by atoms with van der Waals surface area (Å²) in [6, 6.07) is 9.30. The molecule has 0 N–H and O–H groups in total. The molecule has 0 bridgehead atoms. The summed E-state index contributed by atoms with van der Waals surface area (Å²) in [7, 11) is 1.36. The molecule has 64 valence electrons. The topological polar surface area (TPSA) is 26.3 Å². The largest absolute Gasteiger partial charge is 0.468 e. The van der Waals surface area contributed by atoms with Crippen LogP contribution >= 0.6 is 12.6 Å². The molecule has 0 aliphatic heterocycles. The molecule has 1 atom stereocenters. The summed E-state index contributed by atoms with van der Waals surface area (Å²) in [5, 5.41) is -0.476. The van der Waals surface area contributed by atoms with E-state index in [2.05, 4.69) is 17.4 Å². The Morgan fingerprint density at radius 1 is 1.42 bits per heavy atom. The third-order valence-corrected chi connectivity index (χ3v) is 2.05. The van der Waals surface area contributed by atoms with Gasteiger partial charge in [-0.05, 0) is 5.56 Å². The van der Waals surface area contributed by atoms with Crippen molar-refractivity contribution >= 4 is 18.6 Å². The lowest BCUT2D eigenvalue weighted by Crippen LogP contribution is -2.08. The van der Waals surface area contributed by atoms with Crippen LogP contribution in [0.15, 0.2) is 30.3 Å². The lowest BCUT2D eigenvalue weighted by molar-refractivity contribution is -0.140. The predicted octanol–water partition coefficient (Wildman–Crippen LogP) is 1.83. The van der Waals surface area contributed by atoms with Crippen molar-refractivity contribution in [3.8, 4) is 0 Å². The summed E-state index contributed by atoms with van der Waals surface area (Å²) in [6.07, 6.45) is 0. The third kappa shape index (κ3) is 2.01. The molecule has 2 nitrogen and oxygen atoms in total. The van der Waals surface area contributed by atoms with Gasteiger partial charge in [-0.1, -0.05) is 30.3 Å². The van der Waals surface area contributed by atoms with Crippen LogP contribution < -0.4 is 0 Å². The van der Waals surface area contributed by atoms with E-state index >= 15 is 0 Å². The summed E-state index contributed by atoms with van der Waals surface area (Å²) in [4.78, 5) is 11.0. The fourth-order valence-corrected chi connectivity index (χ4v) is 1.16. The predicted molar refractivity (Wildman–Crippen MR) is 50.2 cm³/mol. The second-order valence-electron chi connectivity index (χ2n) is 2.34. The number of ether oxygens (including phenoxy) is 1. The fraction of sp³-hybridized carbons (Fsp3) is 0.222. The van der Waals surface area contributed by atoms with Gasteiger partial charge in [0.1, 0.15) is 5.25 Å². The third-order valence-electron chi connectivity index (χ3n) is 1.54. The minimum absolute atomic E-state index is 0.329. The highest BCUT2D eigenvalue weighted by molar-refractivity contribution is 7.81. The maximum atomic E-state index is 11.0. The molecule has 1 aromatic rings. The van der Waals surface area contributed by atoms with Crippen molar-refractivity contribution < 1.29 is 9.53 Å². The van der Waals surface area contributed by atoms with E-state index in [-0.39, 0.29) is 5.97 Å². The van der Waals surface area contributed by atoms with Gasteiger partial charge in [-0.2, -0.15) is 12.6 Å². The fourth-order valence-electron chi connectivity index (χ4n) is 0.883. The zero-order chi connectivity index (χ0) is 8.97. The average molecular weight is 182 g/mol. The Hall–Kier alpha value is -0.960. The Morgan fingerprint density at radius 2 is 2.00 bits per heavy atom. The first-order valence-corrected chi connectivity index (χ1v) is 4.08. The number of benzene rings is 1. The van der Waals surface area contributed by atoms with Crippen molar-refractivity contribution in [3.05, 3.63) is 35.9 Å². The molecule has 1 aromatic carbocycles. The van der Waals surface area contributed by atoms with Crippen molar-refractivity contribution in [2.75, 3.05) is 7.11 Å². The Labute approximate surface area is 77.0 Å². The van der Waals surface area contributed by atoms with E-state index in [0.29, 0.717) is 0 Å². The molecule has 0 radical (unpaired) electrons. The Kier molecular flexibility index (Phi) is 3.17. The van der Waals surface area contributed by atoms with Gasteiger partial charge in [-0.15, -0.1) is 0 Å². The van der Waals surface area contributed by atoms with Crippen molar-refractivity contribution in [2.24, 2.45) is 0 Å². The van der Waals surface area contributed by atoms with Crippen molar-refractivity contribution in [1.29, 1.82) is 0 Å². The molecular formula is C9H10O2S. The molecule has 0 saturated heterocycles. The lowest BCUT2D eigenvalue weighted by atomic mass is 10.1. The summed E-state index contributed by atoms with van der Waals surface area (Å²) in [5.41, 5.74) is 0.854. The summed E-state index contributed by atoms with van der Waals surface area (Å²) >= 11 is 4.12. The summed E-state index contributed by atoms with van der Waals surface area (Å²) in [6.45, 7) is 0. The highest BCUT2D eigenvalue weighted by Gasteiger charge is 2.15. The molecule has 0 unspecified atom stereocenters. The minimum Gasteiger partial charge on any atom is -0.468 e. The van der Waals surface area contributed by atoms with Gasteiger partial charge in [-0.3, -0.25) is 4.79 Å². The van der Waals surface area contributed by atoms with E-state index in [4.69, 9.17) is 0 Å². The number of methoxy groups -OCH3 is 1. The number of thiol groups is 1. The van der Waals surface area contributed by atoms with Crippen LogP contribution in [0.3, 0.4) is 0 Å². The van der Waals surface area contributed by atoms with Crippen LogP contribution in [-0.2, 0) is 9.53 Å². The standard InChI is InChI=1S/C9H10O2S/c1-11-9(10)8(12)7-5-3-2-4-6-7/h2-6,8,12H,1H3/t8-/m1/s1. The number of esters is 1. The smallest absolute Gasteiger partial charge is 0.323 e. The number of carbonyl (C=O) groups is 1. The van der Waals surface area contributed by atoms with Crippen LogP contribution in [0.25, 0.3) is 0 Å². The van der Waals surface area contributed by atoms with E-state index in [1.165, 1.54) is 7.11 Å². The number of hydrogen-bond donors (Lipinski definition) is 1. The molecule has 0 fully saturated rings. The molecule has 0 aliphatic carbocycles. The van der Waals surface area contributed by atoms with Crippen LogP contribution in [0.4, 0.5) is 0 Å². The van der Waals surface area contributed by atoms with Crippen molar-refractivity contribution in [3.63, 3.8) is 0 Å². The number of rotatable bonds is 2. The van der Waals surface area contributed by atoms with Crippen LogP contribution in [0.2, 0.25) is 0 Å². The van der Waals surface area contributed by atoms with Gasteiger partial charge >= 0.3 is 5.97 Å². The first kappa shape index (κ1) is 9.13. The maximum Gasteiger partial charge on any atom is 0.323 e. The number of hydrogen-bond acceptors (Lipinski definition) is 3. The van der Waals surface area contributed by atoms with E-state index in [1.54, 1.807) is 0 Å². The number of carbonyl (C=O) groups excluding carboxylic acids is 1. The first-order chi connectivity index (χ1) is 5.75. The molecule has 0 aromatic heterocycles. The van der Waals surface area contributed by atoms with Gasteiger partial charge in [0.05, 0.1) is 7.11 Å². The van der Waals surface area contributed by atoms with Crippen LogP contribution in [0, 0.1) is 0 Å². The molecule has 3 heteroatoms. The van der Waals surface area contributed by atoms with E-state index in [0.717, 1.165) is 5.56 Å². The SMILES string of the molecule is COC(=O)[C@H](S)c1ccccc1. The monoisotopic (exact) mass is 182 g/mol. The maximum absolute atomic E-state index is 11.0. The van der Waals surface area contributed by atoms with Gasteiger partial charge in [0, 0.05) is 0 Å². The quantitative estimate of drug-likeness (QED) is 0.558. The van der Waals surface area contributed by atoms with E-state index in [9.17, 15) is 4.79 Å². The van der Waals surface area contributed by atoms with Gasteiger partial charge in [0.15, 0.2) is 0 Å². The highest BCUT2D eigenvalue weighted by atomic mass is 32.1. The zero-order valence-corrected chi connectivity index (χ0v) is 7.62. The second-order valence-corrected chi connectivity index (χ2v) is 2.85.